The number of carbonyl (C=O) groups is 2. The molecule has 0 radical (unpaired) electrons. The van der Waals surface area contributed by atoms with E-state index in [1.54, 1.807) is 42.6 Å². The average molecular weight is 584 g/mol. The minimum Gasteiger partial charge on any atom is -0.442 e. The number of rotatable bonds is 8. The Hall–Kier alpha value is -5.75. The van der Waals surface area contributed by atoms with Gasteiger partial charge in [0.15, 0.2) is 5.58 Å². The molecule has 2 aromatic heterocycles. The summed E-state index contributed by atoms with van der Waals surface area (Å²) in [7, 11) is 0. The number of aromatic nitrogens is 2. The first-order chi connectivity index (χ1) is 21.3. The van der Waals surface area contributed by atoms with Gasteiger partial charge in [-0.3, -0.25) is 9.69 Å². The summed E-state index contributed by atoms with van der Waals surface area (Å²) >= 11 is 0. The van der Waals surface area contributed by atoms with E-state index in [1.165, 1.54) is 4.90 Å². The van der Waals surface area contributed by atoms with Crippen LogP contribution in [0.2, 0.25) is 0 Å². The van der Waals surface area contributed by atoms with Crippen molar-refractivity contribution in [3.05, 3.63) is 119 Å². The van der Waals surface area contributed by atoms with Gasteiger partial charge in [-0.2, -0.15) is 5.26 Å². The number of oxazole rings is 1. The summed E-state index contributed by atoms with van der Waals surface area (Å²) < 4.78 is 11.6. The number of amides is 2. The van der Waals surface area contributed by atoms with E-state index in [-0.39, 0.29) is 24.9 Å². The Labute approximate surface area is 254 Å². The van der Waals surface area contributed by atoms with Crippen molar-refractivity contribution < 1.29 is 18.7 Å². The molecule has 44 heavy (non-hydrogen) atoms. The highest BCUT2D eigenvalue weighted by atomic mass is 16.6. The molecule has 1 unspecified atom stereocenters. The van der Waals surface area contributed by atoms with Gasteiger partial charge in [-0.05, 0) is 65.6 Å². The third kappa shape index (κ3) is 5.65. The zero-order valence-corrected chi connectivity index (χ0v) is 24.3. The van der Waals surface area contributed by atoms with Crippen LogP contribution in [0.25, 0.3) is 28.1 Å². The highest BCUT2D eigenvalue weighted by Gasteiger charge is 2.33. The number of carbonyl (C=O) groups excluding carboxylic acids is 2. The first kappa shape index (κ1) is 28.4. The van der Waals surface area contributed by atoms with Gasteiger partial charge in [-0.15, -0.1) is 0 Å². The number of hydrogen-bond donors (Lipinski definition) is 1. The van der Waals surface area contributed by atoms with Crippen LogP contribution < -0.4 is 10.2 Å². The van der Waals surface area contributed by atoms with Crippen LogP contribution in [0.3, 0.4) is 0 Å². The highest BCUT2D eigenvalue weighted by molar-refractivity contribution is 5.95. The smallest absolute Gasteiger partial charge is 0.416 e. The normalized spacial score (nSPS) is 14.5. The second-order valence-corrected chi connectivity index (χ2v) is 10.9. The summed E-state index contributed by atoms with van der Waals surface area (Å²) in [5.41, 5.74) is 6.55. The summed E-state index contributed by atoms with van der Waals surface area (Å²) in [5.74, 6) is 0.734. The zero-order chi connectivity index (χ0) is 30.8. The standard InChI is InChI=1S/C35H29N5O4/c1-21(2)29-15-23(17-36)16-30-32(29)44-34(39-30)26-11-9-25(10-12-26)33(41)38-19-28-20-40(35(42)43-28)31-14-13-27(18-37-31)22(3)24-7-5-4-6-8-24/h4-16,18,21,28H,3,19-20H2,1-2H3,(H,38,41). The topological polar surface area (TPSA) is 121 Å². The molecule has 0 bridgehead atoms. The Balaban J connectivity index is 1.07. The molecule has 1 N–H and O–H groups in total. The Bertz CT molecular complexity index is 1910. The first-order valence-corrected chi connectivity index (χ1v) is 14.2. The van der Waals surface area contributed by atoms with Crippen LogP contribution in [0.15, 0.2) is 96.1 Å². The highest BCUT2D eigenvalue weighted by Crippen LogP contribution is 2.31. The molecule has 2 amide bonds. The molecule has 1 aliphatic rings. The molecule has 6 rings (SSSR count). The molecule has 0 aliphatic carbocycles. The maximum Gasteiger partial charge on any atom is 0.416 e. The van der Waals surface area contributed by atoms with Gasteiger partial charge >= 0.3 is 6.09 Å². The van der Waals surface area contributed by atoms with E-state index in [1.807, 2.05) is 56.3 Å². The molecule has 1 fully saturated rings. The first-order valence-electron chi connectivity index (χ1n) is 14.2. The predicted octanol–water partition coefficient (Wildman–Crippen LogP) is 6.70. The van der Waals surface area contributed by atoms with Crippen molar-refractivity contribution in [1.29, 1.82) is 5.26 Å². The van der Waals surface area contributed by atoms with Crippen molar-refractivity contribution in [1.82, 2.24) is 15.3 Å². The van der Waals surface area contributed by atoms with E-state index >= 15 is 0 Å². The Morgan fingerprint density at radius 3 is 2.50 bits per heavy atom. The van der Waals surface area contributed by atoms with Crippen LogP contribution in [-0.2, 0) is 4.74 Å². The number of pyridine rings is 1. The Kier molecular flexibility index (Phi) is 7.65. The molecule has 0 saturated carbocycles. The van der Waals surface area contributed by atoms with Crippen molar-refractivity contribution in [3.63, 3.8) is 0 Å². The molecular weight excluding hydrogens is 554 g/mol. The lowest BCUT2D eigenvalue weighted by molar-refractivity contribution is 0.0916. The van der Waals surface area contributed by atoms with Gasteiger partial charge < -0.3 is 14.5 Å². The van der Waals surface area contributed by atoms with E-state index in [4.69, 9.17) is 9.15 Å². The van der Waals surface area contributed by atoms with Crippen LogP contribution >= 0.6 is 0 Å². The van der Waals surface area contributed by atoms with Crippen molar-refractivity contribution in [2.24, 2.45) is 0 Å². The van der Waals surface area contributed by atoms with Crippen molar-refractivity contribution in [2.75, 3.05) is 18.0 Å². The summed E-state index contributed by atoms with van der Waals surface area (Å²) in [6, 6.07) is 26.1. The van der Waals surface area contributed by atoms with Gasteiger partial charge in [0.05, 0.1) is 24.7 Å². The predicted molar refractivity (Wildman–Crippen MR) is 167 cm³/mol. The van der Waals surface area contributed by atoms with Gasteiger partial charge in [-0.1, -0.05) is 50.8 Å². The minimum atomic E-state index is -0.528. The molecule has 5 aromatic rings. The summed E-state index contributed by atoms with van der Waals surface area (Å²) in [6.07, 6.45) is 0.640. The second kappa shape index (κ2) is 11.9. The van der Waals surface area contributed by atoms with Gasteiger partial charge in [0.2, 0.25) is 5.89 Å². The fourth-order valence-corrected chi connectivity index (χ4v) is 5.09. The number of nitriles is 1. The fraction of sp³-hybridized carbons (Fsp3) is 0.171. The molecular formula is C35H29N5O4. The summed E-state index contributed by atoms with van der Waals surface area (Å²) in [4.78, 5) is 35.9. The lowest BCUT2D eigenvalue weighted by atomic mass is 10.00. The maximum absolute atomic E-state index is 12.9. The zero-order valence-electron chi connectivity index (χ0n) is 24.3. The molecule has 1 aliphatic heterocycles. The van der Waals surface area contributed by atoms with Gasteiger partial charge in [-0.25, -0.2) is 14.8 Å². The lowest BCUT2D eigenvalue weighted by Crippen LogP contribution is -2.34. The molecule has 3 heterocycles. The number of cyclic esters (lactones) is 1. The van der Waals surface area contributed by atoms with Crippen molar-refractivity contribution in [3.8, 4) is 17.5 Å². The second-order valence-electron chi connectivity index (χ2n) is 10.9. The molecule has 3 aromatic carbocycles. The number of ether oxygens (including phenoxy) is 1. The Morgan fingerprint density at radius 2 is 1.82 bits per heavy atom. The summed E-state index contributed by atoms with van der Waals surface area (Å²) in [6.45, 7) is 8.63. The SMILES string of the molecule is C=C(c1ccccc1)c1ccc(N2CC(CNC(=O)c3ccc(-c4nc5cc(C#N)cc(C(C)C)c5o4)cc3)OC2=O)nc1. The van der Waals surface area contributed by atoms with E-state index in [0.29, 0.717) is 39.5 Å². The number of benzene rings is 3. The maximum atomic E-state index is 12.9. The van der Waals surface area contributed by atoms with Crippen molar-refractivity contribution in [2.45, 2.75) is 25.9 Å². The molecule has 1 atom stereocenters. The van der Waals surface area contributed by atoms with E-state index < -0.39 is 12.2 Å². The molecule has 218 valence electrons. The number of hydrogen-bond acceptors (Lipinski definition) is 7. The summed E-state index contributed by atoms with van der Waals surface area (Å²) in [5, 5.41) is 12.2. The number of nitrogens with one attached hydrogen (secondary N) is 1. The monoisotopic (exact) mass is 583 g/mol. The Morgan fingerprint density at radius 1 is 1.07 bits per heavy atom. The molecule has 0 spiro atoms. The number of anilines is 1. The van der Waals surface area contributed by atoms with Crippen LogP contribution in [0.5, 0.6) is 0 Å². The largest absolute Gasteiger partial charge is 0.442 e. The van der Waals surface area contributed by atoms with Crippen LogP contribution in [-0.4, -0.2) is 41.2 Å². The van der Waals surface area contributed by atoms with Crippen LogP contribution in [0, 0.1) is 11.3 Å². The number of fused-ring (bicyclic) bond motifs is 1. The van der Waals surface area contributed by atoms with Crippen molar-refractivity contribution >= 4 is 34.5 Å². The van der Waals surface area contributed by atoms with Gasteiger partial charge in [0.1, 0.15) is 17.4 Å². The molecule has 1 saturated heterocycles. The molecule has 9 heteroatoms. The fourth-order valence-electron chi connectivity index (χ4n) is 5.09. The lowest BCUT2D eigenvalue weighted by Gasteiger charge is -2.13. The quantitative estimate of drug-likeness (QED) is 0.216. The van der Waals surface area contributed by atoms with E-state index in [2.05, 4.69) is 27.9 Å². The van der Waals surface area contributed by atoms with Crippen LogP contribution in [0.4, 0.5) is 10.6 Å². The number of nitrogens with zero attached hydrogens (tertiary/aromatic N) is 4. The van der Waals surface area contributed by atoms with Crippen LogP contribution in [0.1, 0.15) is 52.4 Å². The third-order valence-corrected chi connectivity index (χ3v) is 7.52. The van der Waals surface area contributed by atoms with Gasteiger partial charge in [0.25, 0.3) is 5.91 Å². The molecule has 9 nitrogen and oxygen atoms in total. The van der Waals surface area contributed by atoms with Gasteiger partial charge in [0, 0.05) is 28.5 Å². The van der Waals surface area contributed by atoms with E-state index in [9.17, 15) is 14.9 Å². The minimum absolute atomic E-state index is 0.149. The third-order valence-electron chi connectivity index (χ3n) is 7.52. The van der Waals surface area contributed by atoms with E-state index in [0.717, 1.165) is 22.3 Å². The average Bonchev–Trinajstić information content (AvgIpc) is 3.66.